The zero-order valence-corrected chi connectivity index (χ0v) is 26.6. The van der Waals surface area contributed by atoms with Crippen LogP contribution in [0.5, 0.6) is 0 Å². The summed E-state index contributed by atoms with van der Waals surface area (Å²) in [4.78, 5) is 24.1. The van der Waals surface area contributed by atoms with Crippen molar-refractivity contribution in [2.75, 3.05) is 13.2 Å². The number of fused-ring (bicyclic) bond motifs is 3. The van der Waals surface area contributed by atoms with Crippen molar-refractivity contribution in [1.82, 2.24) is 0 Å². The molecule has 0 aromatic heterocycles. The molecule has 0 spiro atoms. The van der Waals surface area contributed by atoms with Gasteiger partial charge in [-0.1, -0.05) is 52.8 Å². The fourth-order valence-electron chi connectivity index (χ4n) is 6.93. The molecule has 216 valence electrons. The van der Waals surface area contributed by atoms with Crippen LogP contribution in [0.3, 0.4) is 0 Å². The van der Waals surface area contributed by atoms with E-state index in [9.17, 15) is 9.59 Å². The van der Waals surface area contributed by atoms with Crippen LogP contribution in [0.25, 0.3) is 0 Å². The third kappa shape index (κ3) is 6.21. The van der Waals surface area contributed by atoms with Crippen LogP contribution >= 0.6 is 0 Å². The fourth-order valence-corrected chi connectivity index (χ4v) is 8.20. The summed E-state index contributed by atoms with van der Waals surface area (Å²) in [5, 5.41) is -0.0411. The number of carbonyl (C=O) groups excluding carboxylic acids is 2. The molecule has 0 radical (unpaired) electrons. The average molecular weight is 549 g/mol. The van der Waals surface area contributed by atoms with E-state index in [1.807, 2.05) is 19.9 Å². The van der Waals surface area contributed by atoms with E-state index >= 15 is 0 Å². The lowest BCUT2D eigenvalue weighted by atomic mass is 9.46. The second-order valence-electron chi connectivity index (χ2n) is 14.4. The molecule has 0 amide bonds. The highest BCUT2D eigenvalue weighted by atomic mass is 28.4. The van der Waals surface area contributed by atoms with Crippen LogP contribution in [0, 0.1) is 22.7 Å². The Morgan fingerprint density at radius 2 is 1.84 bits per heavy atom. The first kappa shape index (κ1) is 31.2. The van der Waals surface area contributed by atoms with Gasteiger partial charge < -0.3 is 18.6 Å². The molecule has 1 aliphatic heterocycles. The zero-order valence-electron chi connectivity index (χ0n) is 25.6. The third-order valence-corrected chi connectivity index (χ3v) is 14.7. The average Bonchev–Trinajstić information content (AvgIpc) is 2.78. The summed E-state index contributed by atoms with van der Waals surface area (Å²) in [6, 6.07) is 0. The first-order chi connectivity index (χ1) is 17.4. The van der Waals surface area contributed by atoms with Gasteiger partial charge in [0.1, 0.15) is 19.0 Å². The standard InChI is InChI=1S/C31H52O6Si/c1-21-12-15-26-30(8,17-16-27-31(26,9)20-35-29(6,7)36-27)24(21)14-13-23(18-32)25(19-34-22(2)33)37-38(10,11)28(3,4)5/h13,18,24-27H,1,12,14-17,19-20H2,2-11H3/b23-13-/t24-,25-,26+,27-,30+,31+/m1/s1. The number of aldehydes is 1. The first-order valence-corrected chi connectivity index (χ1v) is 17.2. The van der Waals surface area contributed by atoms with Gasteiger partial charge in [0.25, 0.3) is 0 Å². The highest BCUT2D eigenvalue weighted by Gasteiger charge is 2.60. The summed E-state index contributed by atoms with van der Waals surface area (Å²) < 4.78 is 24.6. The molecule has 38 heavy (non-hydrogen) atoms. The number of rotatable bonds is 8. The molecule has 2 aliphatic carbocycles. The molecular formula is C31H52O6Si. The second-order valence-corrected chi connectivity index (χ2v) is 19.1. The van der Waals surface area contributed by atoms with Crippen molar-refractivity contribution in [1.29, 1.82) is 0 Å². The Hall–Kier alpha value is -1.28. The van der Waals surface area contributed by atoms with E-state index in [0.717, 1.165) is 32.0 Å². The van der Waals surface area contributed by atoms with Gasteiger partial charge in [-0.15, -0.1) is 0 Å². The number of ether oxygens (including phenoxy) is 3. The summed E-state index contributed by atoms with van der Waals surface area (Å²) in [6.45, 7) is 26.2. The minimum Gasteiger partial charge on any atom is -0.463 e. The predicted octanol–water partition coefficient (Wildman–Crippen LogP) is 7.00. The van der Waals surface area contributed by atoms with Crippen molar-refractivity contribution in [2.45, 2.75) is 124 Å². The number of esters is 1. The van der Waals surface area contributed by atoms with E-state index in [1.165, 1.54) is 12.5 Å². The van der Waals surface area contributed by atoms with Crippen molar-refractivity contribution in [3.05, 3.63) is 23.8 Å². The number of hydrogen-bond donors (Lipinski definition) is 0. The van der Waals surface area contributed by atoms with Crippen molar-refractivity contribution < 1.29 is 28.2 Å². The Morgan fingerprint density at radius 3 is 2.42 bits per heavy atom. The van der Waals surface area contributed by atoms with E-state index in [0.29, 0.717) is 24.5 Å². The molecule has 3 aliphatic rings. The van der Waals surface area contributed by atoms with E-state index < -0.39 is 20.2 Å². The van der Waals surface area contributed by atoms with Gasteiger partial charge in [0.2, 0.25) is 0 Å². The smallest absolute Gasteiger partial charge is 0.302 e. The molecule has 0 unspecified atom stereocenters. The maximum absolute atomic E-state index is 12.4. The Labute approximate surface area is 232 Å². The normalized spacial score (nSPS) is 34.6. The Kier molecular flexibility index (Phi) is 9.00. The molecule has 3 rings (SSSR count). The van der Waals surface area contributed by atoms with Crippen LogP contribution in [-0.4, -0.2) is 51.8 Å². The summed E-state index contributed by atoms with van der Waals surface area (Å²) in [6.07, 6.45) is 7.34. The van der Waals surface area contributed by atoms with Gasteiger partial charge in [0.15, 0.2) is 14.1 Å². The molecule has 1 heterocycles. The molecule has 6 nitrogen and oxygen atoms in total. The maximum atomic E-state index is 12.4. The van der Waals surface area contributed by atoms with Gasteiger partial charge in [-0.25, -0.2) is 0 Å². The largest absolute Gasteiger partial charge is 0.463 e. The lowest BCUT2D eigenvalue weighted by molar-refractivity contribution is -0.344. The second kappa shape index (κ2) is 10.9. The summed E-state index contributed by atoms with van der Waals surface area (Å²) in [5.41, 5.74) is 1.79. The minimum atomic E-state index is -2.22. The minimum absolute atomic E-state index is 0.0327. The van der Waals surface area contributed by atoms with Crippen molar-refractivity contribution in [2.24, 2.45) is 22.7 Å². The Bertz CT molecular complexity index is 947. The van der Waals surface area contributed by atoms with Crippen LogP contribution < -0.4 is 0 Å². The molecular weight excluding hydrogens is 496 g/mol. The van der Waals surface area contributed by atoms with Crippen LogP contribution in [-0.2, 0) is 28.2 Å². The highest BCUT2D eigenvalue weighted by molar-refractivity contribution is 6.74. The fraction of sp³-hybridized carbons (Fsp3) is 0.806. The summed E-state index contributed by atoms with van der Waals surface area (Å²) in [5.74, 6) is -0.238. The van der Waals surface area contributed by atoms with E-state index in [1.54, 1.807) is 0 Å². The van der Waals surface area contributed by atoms with E-state index in [4.69, 9.17) is 18.6 Å². The molecule has 3 fully saturated rings. The van der Waals surface area contributed by atoms with Gasteiger partial charge in [-0.3, -0.25) is 9.59 Å². The lowest BCUT2D eigenvalue weighted by Gasteiger charge is -2.63. The van der Waals surface area contributed by atoms with Crippen LogP contribution in [0.4, 0.5) is 0 Å². The summed E-state index contributed by atoms with van der Waals surface area (Å²) in [7, 11) is -2.22. The lowest BCUT2D eigenvalue weighted by Crippen LogP contribution is -2.62. The van der Waals surface area contributed by atoms with Crippen molar-refractivity contribution in [3.8, 4) is 0 Å². The highest BCUT2D eigenvalue weighted by Crippen LogP contribution is 2.63. The molecule has 1 saturated heterocycles. The maximum Gasteiger partial charge on any atom is 0.302 e. The molecule has 0 N–H and O–H groups in total. The van der Waals surface area contributed by atoms with E-state index in [-0.39, 0.29) is 40.5 Å². The van der Waals surface area contributed by atoms with Crippen LogP contribution in [0.15, 0.2) is 23.8 Å². The quantitative estimate of drug-likeness (QED) is 0.107. The van der Waals surface area contributed by atoms with Gasteiger partial charge in [0.05, 0.1) is 12.7 Å². The van der Waals surface area contributed by atoms with Crippen molar-refractivity contribution in [3.63, 3.8) is 0 Å². The molecule has 2 saturated carbocycles. The number of hydrogen-bond acceptors (Lipinski definition) is 6. The first-order valence-electron chi connectivity index (χ1n) is 14.3. The molecule has 6 atom stereocenters. The topological polar surface area (TPSA) is 71.1 Å². The van der Waals surface area contributed by atoms with Gasteiger partial charge in [-0.2, -0.15) is 0 Å². The summed E-state index contributed by atoms with van der Waals surface area (Å²) >= 11 is 0. The van der Waals surface area contributed by atoms with Gasteiger partial charge in [0, 0.05) is 17.9 Å². The third-order valence-electron chi connectivity index (χ3n) is 10.3. The number of allylic oxidation sites excluding steroid dienone is 2. The van der Waals surface area contributed by atoms with Crippen LogP contribution in [0.2, 0.25) is 18.1 Å². The Balaban J connectivity index is 1.88. The van der Waals surface area contributed by atoms with Crippen molar-refractivity contribution >= 4 is 20.6 Å². The van der Waals surface area contributed by atoms with Gasteiger partial charge >= 0.3 is 5.97 Å². The number of carbonyl (C=O) groups is 2. The monoisotopic (exact) mass is 548 g/mol. The molecule has 7 heteroatoms. The molecule has 0 aromatic carbocycles. The zero-order chi connectivity index (χ0) is 28.7. The van der Waals surface area contributed by atoms with Gasteiger partial charge in [-0.05, 0) is 81.3 Å². The Morgan fingerprint density at radius 1 is 1.18 bits per heavy atom. The SMILES string of the molecule is C=C1CC[C@@H]2[C@]3(C)COC(C)(C)O[C@@H]3CC[C@@]2(C)[C@@H]1C/C=C(/C=O)[C@@H](COC(C)=O)O[Si](C)(C)C(C)(C)C. The molecule has 0 bridgehead atoms. The molecule has 0 aromatic rings. The van der Waals surface area contributed by atoms with E-state index in [2.05, 4.69) is 54.3 Å². The predicted molar refractivity (Wildman–Crippen MR) is 153 cm³/mol. The van der Waals surface area contributed by atoms with Crippen LogP contribution in [0.1, 0.15) is 87.5 Å².